The maximum absolute atomic E-state index is 12.6. The second kappa shape index (κ2) is 8.31. The van der Waals surface area contributed by atoms with Gasteiger partial charge in [-0.05, 0) is 18.1 Å². The van der Waals surface area contributed by atoms with E-state index in [1.54, 1.807) is 6.92 Å². The molecule has 0 radical (unpaired) electrons. The van der Waals surface area contributed by atoms with Crippen LogP contribution in [0.25, 0.3) is 0 Å². The molecular formula is C21H21N3O3. The molecule has 1 aromatic heterocycles. The van der Waals surface area contributed by atoms with Crippen LogP contribution in [0, 0.1) is 6.92 Å². The van der Waals surface area contributed by atoms with E-state index in [9.17, 15) is 9.59 Å². The Morgan fingerprint density at radius 2 is 1.63 bits per heavy atom. The summed E-state index contributed by atoms with van der Waals surface area (Å²) in [5.41, 5.74) is 2.32. The highest BCUT2D eigenvalue weighted by Gasteiger charge is 2.16. The summed E-state index contributed by atoms with van der Waals surface area (Å²) in [6.45, 7) is 1.74. The lowest BCUT2D eigenvalue weighted by molar-refractivity contribution is -0.137. The summed E-state index contributed by atoms with van der Waals surface area (Å²) >= 11 is 0. The quantitative estimate of drug-likeness (QED) is 0.674. The summed E-state index contributed by atoms with van der Waals surface area (Å²) in [4.78, 5) is 27.8. The van der Waals surface area contributed by atoms with E-state index in [2.05, 4.69) is 10.3 Å². The number of nitrogens with one attached hydrogen (secondary N) is 1. The van der Waals surface area contributed by atoms with Gasteiger partial charge in [0.2, 0.25) is 0 Å². The normalized spacial score (nSPS) is 10.7. The number of carboxylic acids is 1. The number of hydrogen-bond acceptors (Lipinski definition) is 4. The Hall–Kier alpha value is -3.41. The largest absolute Gasteiger partial charge is 0.480 e. The van der Waals surface area contributed by atoms with E-state index >= 15 is 0 Å². The van der Waals surface area contributed by atoms with Gasteiger partial charge in [0.05, 0.1) is 0 Å². The zero-order chi connectivity index (χ0) is 19.2. The van der Waals surface area contributed by atoms with Crippen molar-refractivity contribution in [3.8, 4) is 0 Å². The second-order valence-electron chi connectivity index (χ2n) is 6.29. The van der Waals surface area contributed by atoms with Gasteiger partial charge in [-0.15, -0.1) is 0 Å². The van der Waals surface area contributed by atoms with E-state index in [4.69, 9.17) is 5.11 Å². The van der Waals surface area contributed by atoms with Gasteiger partial charge in [0.15, 0.2) is 5.82 Å². The van der Waals surface area contributed by atoms with E-state index in [0.717, 1.165) is 11.1 Å². The number of nitrogens with zero attached hydrogens (tertiary/aromatic N) is 2. The fourth-order valence-corrected chi connectivity index (χ4v) is 3.02. The Balaban J connectivity index is 1.89. The van der Waals surface area contributed by atoms with Crippen molar-refractivity contribution >= 4 is 11.8 Å². The molecule has 0 bridgehead atoms. The van der Waals surface area contributed by atoms with Gasteiger partial charge in [-0.25, -0.2) is 4.98 Å². The van der Waals surface area contributed by atoms with Crippen molar-refractivity contribution in [2.24, 2.45) is 0 Å². The van der Waals surface area contributed by atoms with Gasteiger partial charge < -0.3 is 10.4 Å². The summed E-state index contributed by atoms with van der Waals surface area (Å²) in [7, 11) is 0. The van der Waals surface area contributed by atoms with Crippen LogP contribution in [0.5, 0.6) is 0 Å². The predicted octanol–water partition coefficient (Wildman–Crippen LogP) is 2.88. The number of anilines is 1. The van der Waals surface area contributed by atoms with Crippen LogP contribution in [-0.4, -0.2) is 27.2 Å². The van der Waals surface area contributed by atoms with Crippen LogP contribution in [0.3, 0.4) is 0 Å². The summed E-state index contributed by atoms with van der Waals surface area (Å²) < 4.78 is 1.21. The number of aryl methyl sites for hydroxylation is 1. The molecule has 0 saturated heterocycles. The smallest absolute Gasteiger partial charge is 0.323 e. The van der Waals surface area contributed by atoms with Crippen LogP contribution in [-0.2, 0) is 11.3 Å². The van der Waals surface area contributed by atoms with E-state index in [-0.39, 0.29) is 18.3 Å². The molecule has 0 saturated carbocycles. The van der Waals surface area contributed by atoms with E-state index in [0.29, 0.717) is 12.2 Å². The molecule has 0 aliphatic rings. The van der Waals surface area contributed by atoms with E-state index < -0.39 is 11.5 Å². The Kier molecular flexibility index (Phi) is 5.66. The minimum atomic E-state index is -1.07. The lowest BCUT2D eigenvalue weighted by Gasteiger charge is -2.19. The SMILES string of the molecule is Cc1cnc(NCC(c2ccccc2)c2ccccc2)c(=O)n1CC(=O)O. The third-order valence-corrected chi connectivity index (χ3v) is 4.42. The van der Waals surface area contributed by atoms with Gasteiger partial charge in [-0.3, -0.25) is 14.2 Å². The molecule has 138 valence electrons. The summed E-state index contributed by atoms with van der Waals surface area (Å²) in [5, 5.41) is 12.1. The van der Waals surface area contributed by atoms with Crippen LogP contribution in [0.15, 0.2) is 71.7 Å². The lowest BCUT2D eigenvalue weighted by atomic mass is 9.91. The van der Waals surface area contributed by atoms with Crippen molar-refractivity contribution in [3.63, 3.8) is 0 Å². The van der Waals surface area contributed by atoms with Crippen LogP contribution in [0.2, 0.25) is 0 Å². The Morgan fingerprint density at radius 3 is 2.15 bits per heavy atom. The maximum Gasteiger partial charge on any atom is 0.323 e. The van der Waals surface area contributed by atoms with Gasteiger partial charge in [0.25, 0.3) is 5.56 Å². The molecule has 0 aliphatic carbocycles. The van der Waals surface area contributed by atoms with Gasteiger partial charge in [0.1, 0.15) is 6.54 Å². The highest BCUT2D eigenvalue weighted by molar-refractivity contribution is 5.66. The van der Waals surface area contributed by atoms with Crippen LogP contribution >= 0.6 is 0 Å². The maximum atomic E-state index is 12.6. The molecule has 0 amide bonds. The van der Waals surface area contributed by atoms with Gasteiger partial charge >= 0.3 is 5.97 Å². The molecule has 0 aliphatic heterocycles. The molecule has 0 fully saturated rings. The van der Waals surface area contributed by atoms with Gasteiger partial charge in [0, 0.05) is 24.4 Å². The molecule has 6 nitrogen and oxygen atoms in total. The average Bonchev–Trinajstić information content (AvgIpc) is 2.68. The first-order valence-electron chi connectivity index (χ1n) is 8.68. The molecule has 2 aromatic carbocycles. The molecule has 1 heterocycles. The Labute approximate surface area is 157 Å². The zero-order valence-corrected chi connectivity index (χ0v) is 15.0. The Morgan fingerprint density at radius 1 is 1.07 bits per heavy atom. The highest BCUT2D eigenvalue weighted by atomic mass is 16.4. The molecular weight excluding hydrogens is 342 g/mol. The van der Waals surface area contributed by atoms with E-state index in [1.165, 1.54) is 10.8 Å². The minimum absolute atomic E-state index is 0.0304. The third kappa shape index (κ3) is 4.41. The summed E-state index contributed by atoms with van der Waals surface area (Å²) in [5.74, 6) is -0.884. The number of benzene rings is 2. The lowest BCUT2D eigenvalue weighted by Crippen LogP contribution is -2.30. The summed E-state index contributed by atoms with van der Waals surface area (Å²) in [6.07, 6.45) is 1.51. The minimum Gasteiger partial charge on any atom is -0.480 e. The van der Waals surface area contributed by atoms with E-state index in [1.807, 2.05) is 60.7 Å². The molecule has 3 aromatic rings. The number of carboxylic acid groups (broad SMARTS) is 1. The predicted molar refractivity (Wildman–Crippen MR) is 104 cm³/mol. The summed E-state index contributed by atoms with van der Waals surface area (Å²) in [6, 6.07) is 20.0. The number of aliphatic carboxylic acids is 1. The Bertz CT molecular complexity index is 929. The van der Waals surface area contributed by atoms with Crippen molar-refractivity contribution in [2.45, 2.75) is 19.4 Å². The van der Waals surface area contributed by atoms with Crippen LogP contribution < -0.4 is 10.9 Å². The highest BCUT2D eigenvalue weighted by Crippen LogP contribution is 2.24. The topological polar surface area (TPSA) is 84.2 Å². The fraction of sp³-hybridized carbons (Fsp3) is 0.190. The number of rotatable bonds is 7. The van der Waals surface area contributed by atoms with Crippen molar-refractivity contribution in [1.29, 1.82) is 0 Å². The van der Waals surface area contributed by atoms with Crippen LogP contribution in [0.1, 0.15) is 22.7 Å². The first-order valence-corrected chi connectivity index (χ1v) is 8.68. The first-order chi connectivity index (χ1) is 13.1. The molecule has 3 rings (SSSR count). The zero-order valence-electron chi connectivity index (χ0n) is 15.0. The molecule has 0 unspecified atom stereocenters. The fourth-order valence-electron chi connectivity index (χ4n) is 3.02. The van der Waals surface area contributed by atoms with Crippen molar-refractivity contribution in [1.82, 2.24) is 9.55 Å². The average molecular weight is 363 g/mol. The van der Waals surface area contributed by atoms with Crippen molar-refractivity contribution < 1.29 is 9.90 Å². The molecule has 0 spiro atoms. The standard InChI is InChI=1S/C21H21N3O3/c1-15-12-22-20(21(27)24(15)14-19(25)26)23-13-18(16-8-4-2-5-9-16)17-10-6-3-7-11-17/h2-12,18H,13-14H2,1H3,(H,22,23)(H,25,26). The van der Waals surface area contributed by atoms with Crippen molar-refractivity contribution in [3.05, 3.63) is 94.0 Å². The van der Waals surface area contributed by atoms with Gasteiger partial charge in [-0.2, -0.15) is 0 Å². The molecule has 2 N–H and O–H groups in total. The number of hydrogen-bond donors (Lipinski definition) is 2. The monoisotopic (exact) mass is 363 g/mol. The molecule has 6 heteroatoms. The second-order valence-corrected chi connectivity index (χ2v) is 6.29. The number of aromatic nitrogens is 2. The van der Waals surface area contributed by atoms with Gasteiger partial charge in [-0.1, -0.05) is 60.7 Å². The third-order valence-electron chi connectivity index (χ3n) is 4.42. The molecule has 0 atom stereocenters. The first kappa shape index (κ1) is 18.4. The number of carbonyl (C=O) groups is 1. The van der Waals surface area contributed by atoms with Crippen molar-refractivity contribution in [2.75, 3.05) is 11.9 Å². The molecule has 27 heavy (non-hydrogen) atoms. The van der Waals surface area contributed by atoms with Crippen LogP contribution in [0.4, 0.5) is 5.82 Å².